The monoisotopic (exact) mass is 301 g/mol. The minimum Gasteiger partial charge on any atom is -0.330 e. The third kappa shape index (κ3) is 3.50. The molecule has 8 heteroatoms. The Labute approximate surface area is 120 Å². The lowest BCUT2D eigenvalue weighted by atomic mass is 10.0. The van der Waals surface area contributed by atoms with E-state index in [4.69, 9.17) is 5.73 Å². The molecule has 2 heterocycles. The Morgan fingerprint density at radius 3 is 2.90 bits per heavy atom. The van der Waals surface area contributed by atoms with Crippen LogP contribution in [0.2, 0.25) is 0 Å². The summed E-state index contributed by atoms with van der Waals surface area (Å²) in [5.41, 5.74) is 6.14. The van der Waals surface area contributed by atoms with Crippen molar-refractivity contribution in [3.05, 3.63) is 12.4 Å². The van der Waals surface area contributed by atoms with E-state index in [2.05, 4.69) is 9.82 Å². The summed E-state index contributed by atoms with van der Waals surface area (Å²) in [6.07, 6.45) is 5.08. The van der Waals surface area contributed by atoms with E-state index in [1.165, 1.54) is 10.5 Å². The zero-order valence-electron chi connectivity index (χ0n) is 12.0. The molecular weight excluding hydrogens is 278 g/mol. The minimum absolute atomic E-state index is 0.199. The highest BCUT2D eigenvalue weighted by atomic mass is 32.2. The van der Waals surface area contributed by atoms with Crippen LogP contribution in [0.25, 0.3) is 0 Å². The summed E-state index contributed by atoms with van der Waals surface area (Å²) in [4.78, 5) is 0. The van der Waals surface area contributed by atoms with Crippen LogP contribution in [0.3, 0.4) is 0 Å². The summed E-state index contributed by atoms with van der Waals surface area (Å²) in [5.74, 6) is 0.249. The molecule has 0 spiro atoms. The third-order valence-electron chi connectivity index (χ3n) is 3.53. The second kappa shape index (κ2) is 6.11. The first-order chi connectivity index (χ1) is 9.42. The van der Waals surface area contributed by atoms with E-state index in [1.807, 2.05) is 13.8 Å². The fourth-order valence-corrected chi connectivity index (χ4v) is 3.63. The molecule has 1 atom stereocenters. The number of rotatable bonds is 5. The van der Waals surface area contributed by atoms with Crippen LogP contribution < -0.4 is 10.5 Å². The van der Waals surface area contributed by atoms with Gasteiger partial charge in [0.1, 0.15) is 0 Å². The number of hydrogen-bond acceptors (Lipinski definition) is 4. The molecule has 0 saturated carbocycles. The molecule has 1 aromatic heterocycles. The van der Waals surface area contributed by atoms with Gasteiger partial charge < -0.3 is 5.73 Å². The number of nitrogens with zero attached hydrogens (tertiary/aromatic N) is 3. The maximum Gasteiger partial charge on any atom is 0.301 e. The van der Waals surface area contributed by atoms with Crippen LogP contribution in [0.15, 0.2) is 12.4 Å². The Bertz CT molecular complexity index is 540. The van der Waals surface area contributed by atoms with Crippen molar-refractivity contribution in [2.24, 2.45) is 11.7 Å². The van der Waals surface area contributed by atoms with E-state index in [-0.39, 0.29) is 12.0 Å². The fourth-order valence-electron chi connectivity index (χ4n) is 2.32. The van der Waals surface area contributed by atoms with Gasteiger partial charge in [-0.15, -0.1) is 0 Å². The quantitative estimate of drug-likeness (QED) is 0.841. The molecule has 0 aliphatic carbocycles. The van der Waals surface area contributed by atoms with Crippen LogP contribution in [0, 0.1) is 5.92 Å². The number of hydrogen-bond donors (Lipinski definition) is 2. The summed E-state index contributed by atoms with van der Waals surface area (Å²) >= 11 is 0. The van der Waals surface area contributed by atoms with Crippen LogP contribution in [0.1, 0.15) is 32.7 Å². The Balaban J connectivity index is 2.06. The SMILES string of the molecule is CC(C)n1cc(NS(=O)(=O)N2CCCC(CN)C2)cn1. The van der Waals surface area contributed by atoms with Crippen molar-refractivity contribution in [3.8, 4) is 0 Å². The Morgan fingerprint density at radius 1 is 1.55 bits per heavy atom. The summed E-state index contributed by atoms with van der Waals surface area (Å²) in [6, 6.07) is 0.199. The molecule has 1 fully saturated rings. The molecule has 3 N–H and O–H groups in total. The van der Waals surface area contributed by atoms with Gasteiger partial charge in [0.2, 0.25) is 0 Å². The number of nitrogens with two attached hydrogens (primary N) is 1. The van der Waals surface area contributed by atoms with E-state index in [1.54, 1.807) is 10.9 Å². The Morgan fingerprint density at radius 2 is 2.30 bits per heavy atom. The van der Waals surface area contributed by atoms with Gasteiger partial charge in [-0.05, 0) is 39.2 Å². The summed E-state index contributed by atoms with van der Waals surface area (Å²) in [6.45, 7) is 5.54. The smallest absolute Gasteiger partial charge is 0.301 e. The molecule has 1 aliphatic heterocycles. The molecule has 1 aromatic rings. The van der Waals surface area contributed by atoms with E-state index in [9.17, 15) is 8.42 Å². The normalized spacial score (nSPS) is 21.3. The number of nitrogens with one attached hydrogen (secondary N) is 1. The van der Waals surface area contributed by atoms with Crippen LogP contribution >= 0.6 is 0 Å². The van der Waals surface area contributed by atoms with Crippen LogP contribution in [0.5, 0.6) is 0 Å². The maximum atomic E-state index is 12.3. The molecule has 0 radical (unpaired) electrons. The van der Waals surface area contributed by atoms with E-state index < -0.39 is 10.2 Å². The predicted molar refractivity (Wildman–Crippen MR) is 78.5 cm³/mol. The molecule has 0 aromatic carbocycles. The second-order valence-corrected chi connectivity index (χ2v) is 7.18. The van der Waals surface area contributed by atoms with Crippen molar-refractivity contribution in [2.45, 2.75) is 32.7 Å². The average molecular weight is 301 g/mol. The lowest BCUT2D eigenvalue weighted by Gasteiger charge is -2.31. The lowest BCUT2D eigenvalue weighted by molar-refractivity contribution is 0.273. The zero-order valence-corrected chi connectivity index (χ0v) is 12.8. The Kier molecular flexibility index (Phi) is 4.66. The van der Waals surface area contributed by atoms with Gasteiger partial charge in [-0.1, -0.05) is 0 Å². The topological polar surface area (TPSA) is 93.2 Å². The maximum absolute atomic E-state index is 12.3. The number of anilines is 1. The highest BCUT2D eigenvalue weighted by Crippen LogP contribution is 2.20. The van der Waals surface area contributed by atoms with Gasteiger partial charge in [-0.2, -0.15) is 17.8 Å². The largest absolute Gasteiger partial charge is 0.330 e. The summed E-state index contributed by atoms with van der Waals surface area (Å²) < 4.78 is 30.4. The highest BCUT2D eigenvalue weighted by Gasteiger charge is 2.28. The molecule has 0 bridgehead atoms. The number of aromatic nitrogens is 2. The molecule has 7 nitrogen and oxygen atoms in total. The summed E-state index contributed by atoms with van der Waals surface area (Å²) in [7, 11) is -3.52. The molecule has 20 heavy (non-hydrogen) atoms. The van der Waals surface area contributed by atoms with Gasteiger partial charge in [0.05, 0.1) is 11.9 Å². The average Bonchev–Trinajstić information content (AvgIpc) is 2.87. The molecule has 1 saturated heterocycles. The van der Waals surface area contributed by atoms with Crippen LogP contribution in [0.4, 0.5) is 5.69 Å². The van der Waals surface area contributed by atoms with Gasteiger partial charge in [-0.3, -0.25) is 9.40 Å². The first-order valence-corrected chi connectivity index (χ1v) is 8.38. The third-order valence-corrected chi connectivity index (χ3v) is 5.04. The van der Waals surface area contributed by atoms with E-state index in [0.29, 0.717) is 25.3 Å². The molecular formula is C12H23N5O2S. The van der Waals surface area contributed by atoms with Crippen molar-refractivity contribution in [1.82, 2.24) is 14.1 Å². The molecule has 1 unspecified atom stereocenters. The summed E-state index contributed by atoms with van der Waals surface area (Å²) in [5, 5.41) is 4.13. The minimum atomic E-state index is -3.52. The van der Waals surface area contributed by atoms with Crippen molar-refractivity contribution >= 4 is 15.9 Å². The van der Waals surface area contributed by atoms with Gasteiger partial charge >= 0.3 is 10.2 Å². The van der Waals surface area contributed by atoms with Crippen molar-refractivity contribution in [1.29, 1.82) is 0 Å². The molecule has 1 aliphatic rings. The zero-order chi connectivity index (χ0) is 14.8. The standard InChI is InChI=1S/C12H23N5O2S/c1-10(2)17-9-12(7-14-17)15-20(18,19)16-5-3-4-11(6-13)8-16/h7,9-11,15H,3-6,8,13H2,1-2H3. The molecule has 0 amide bonds. The fraction of sp³-hybridized carbons (Fsp3) is 0.750. The predicted octanol–water partition coefficient (Wildman–Crippen LogP) is 0.791. The number of piperidine rings is 1. The second-order valence-electron chi connectivity index (χ2n) is 5.51. The van der Waals surface area contributed by atoms with Gasteiger partial charge in [0, 0.05) is 25.3 Å². The van der Waals surface area contributed by atoms with Crippen molar-refractivity contribution in [3.63, 3.8) is 0 Å². The van der Waals surface area contributed by atoms with Crippen molar-refractivity contribution in [2.75, 3.05) is 24.4 Å². The first-order valence-electron chi connectivity index (χ1n) is 6.94. The van der Waals surface area contributed by atoms with E-state index >= 15 is 0 Å². The van der Waals surface area contributed by atoms with Crippen molar-refractivity contribution < 1.29 is 8.42 Å². The lowest BCUT2D eigenvalue weighted by Crippen LogP contribution is -2.44. The van der Waals surface area contributed by atoms with E-state index in [0.717, 1.165) is 12.8 Å². The highest BCUT2D eigenvalue weighted by molar-refractivity contribution is 7.90. The Hall–Kier alpha value is -1.12. The van der Waals surface area contributed by atoms with Crippen LogP contribution in [-0.4, -0.2) is 42.1 Å². The first kappa shape index (κ1) is 15.3. The van der Waals surface area contributed by atoms with Gasteiger partial charge in [-0.25, -0.2) is 0 Å². The molecule has 2 rings (SSSR count). The van der Waals surface area contributed by atoms with Gasteiger partial charge in [0.25, 0.3) is 0 Å². The van der Waals surface area contributed by atoms with Gasteiger partial charge in [0.15, 0.2) is 0 Å². The van der Waals surface area contributed by atoms with Crippen LogP contribution in [-0.2, 0) is 10.2 Å². The molecule has 114 valence electrons.